The standard InChI is InChI=1S/C10H12BrNO3/c11-9-5-7(6-14-9)10(13)12-15-8-3-1-2-4-8/h5-6,8H,1-4H2,(H,12,13). The van der Waals surface area contributed by atoms with Crippen LogP contribution in [-0.4, -0.2) is 12.0 Å². The molecule has 0 unspecified atom stereocenters. The van der Waals surface area contributed by atoms with E-state index in [4.69, 9.17) is 9.25 Å². The van der Waals surface area contributed by atoms with Crippen molar-refractivity contribution in [1.29, 1.82) is 0 Å². The van der Waals surface area contributed by atoms with Gasteiger partial charge in [0, 0.05) is 6.07 Å². The van der Waals surface area contributed by atoms with Crippen LogP contribution in [0.3, 0.4) is 0 Å². The van der Waals surface area contributed by atoms with Crippen molar-refractivity contribution in [2.45, 2.75) is 31.8 Å². The Bertz CT molecular complexity index is 344. The molecule has 0 aromatic carbocycles. The highest BCUT2D eigenvalue weighted by Crippen LogP contribution is 2.20. The Balaban J connectivity index is 1.81. The highest BCUT2D eigenvalue weighted by Gasteiger charge is 2.17. The molecule has 82 valence electrons. The number of carbonyl (C=O) groups is 1. The van der Waals surface area contributed by atoms with Crippen LogP contribution in [0.4, 0.5) is 0 Å². The van der Waals surface area contributed by atoms with Gasteiger partial charge in [0.2, 0.25) is 0 Å². The molecule has 1 aliphatic carbocycles. The van der Waals surface area contributed by atoms with Crippen LogP contribution in [0.25, 0.3) is 0 Å². The summed E-state index contributed by atoms with van der Waals surface area (Å²) in [6, 6.07) is 1.60. The maximum absolute atomic E-state index is 11.5. The van der Waals surface area contributed by atoms with E-state index in [1.807, 2.05) is 0 Å². The first-order valence-corrected chi connectivity index (χ1v) is 5.75. The summed E-state index contributed by atoms with van der Waals surface area (Å²) in [7, 11) is 0. The minimum absolute atomic E-state index is 0.171. The molecule has 0 aliphatic heterocycles. The fourth-order valence-electron chi connectivity index (χ4n) is 1.63. The van der Waals surface area contributed by atoms with Gasteiger partial charge in [-0.2, -0.15) is 0 Å². The number of halogens is 1. The van der Waals surface area contributed by atoms with Crippen LogP contribution in [0.2, 0.25) is 0 Å². The Morgan fingerprint density at radius 2 is 2.27 bits per heavy atom. The summed E-state index contributed by atoms with van der Waals surface area (Å²) in [5.74, 6) is -0.267. The van der Waals surface area contributed by atoms with E-state index in [0.717, 1.165) is 12.8 Å². The van der Waals surface area contributed by atoms with Crippen LogP contribution in [0.5, 0.6) is 0 Å². The quantitative estimate of drug-likeness (QED) is 0.862. The van der Waals surface area contributed by atoms with E-state index in [-0.39, 0.29) is 12.0 Å². The maximum atomic E-state index is 11.5. The lowest BCUT2D eigenvalue weighted by atomic mass is 10.3. The molecule has 0 radical (unpaired) electrons. The molecule has 1 aliphatic rings. The molecular formula is C10H12BrNO3. The predicted octanol–water partition coefficient (Wildman–Crippen LogP) is 2.65. The topological polar surface area (TPSA) is 51.5 Å². The van der Waals surface area contributed by atoms with Gasteiger partial charge in [-0.25, -0.2) is 5.48 Å². The summed E-state index contributed by atoms with van der Waals surface area (Å²) in [5, 5.41) is 0. The van der Waals surface area contributed by atoms with Crippen molar-refractivity contribution in [2.24, 2.45) is 0 Å². The van der Waals surface area contributed by atoms with E-state index >= 15 is 0 Å². The van der Waals surface area contributed by atoms with E-state index in [9.17, 15) is 4.79 Å². The Hall–Kier alpha value is -0.810. The molecule has 1 saturated carbocycles. The maximum Gasteiger partial charge on any atom is 0.278 e. The largest absolute Gasteiger partial charge is 0.457 e. The molecule has 1 heterocycles. The van der Waals surface area contributed by atoms with Crippen molar-refractivity contribution in [1.82, 2.24) is 5.48 Å². The van der Waals surface area contributed by atoms with Crippen LogP contribution in [0.1, 0.15) is 36.0 Å². The third-order valence-corrected chi connectivity index (χ3v) is 2.87. The molecule has 1 aromatic heterocycles. The summed E-state index contributed by atoms with van der Waals surface area (Å²) in [4.78, 5) is 16.8. The second-order valence-electron chi connectivity index (χ2n) is 3.59. The molecule has 0 spiro atoms. The highest BCUT2D eigenvalue weighted by atomic mass is 79.9. The summed E-state index contributed by atoms with van der Waals surface area (Å²) in [6.45, 7) is 0. The monoisotopic (exact) mass is 273 g/mol. The molecule has 0 atom stereocenters. The third kappa shape index (κ3) is 2.82. The second-order valence-corrected chi connectivity index (χ2v) is 4.38. The van der Waals surface area contributed by atoms with Gasteiger partial charge in [0.1, 0.15) is 6.26 Å². The van der Waals surface area contributed by atoms with E-state index < -0.39 is 0 Å². The number of carbonyl (C=O) groups excluding carboxylic acids is 1. The van der Waals surface area contributed by atoms with Crippen molar-refractivity contribution in [3.63, 3.8) is 0 Å². The van der Waals surface area contributed by atoms with Gasteiger partial charge in [-0.15, -0.1) is 0 Å². The highest BCUT2D eigenvalue weighted by molar-refractivity contribution is 9.10. The summed E-state index contributed by atoms with van der Waals surface area (Å²) >= 11 is 3.13. The van der Waals surface area contributed by atoms with Crippen LogP contribution < -0.4 is 5.48 Å². The van der Waals surface area contributed by atoms with Crippen LogP contribution in [0.15, 0.2) is 21.4 Å². The second kappa shape index (κ2) is 4.81. The predicted molar refractivity (Wildman–Crippen MR) is 57.2 cm³/mol. The summed E-state index contributed by atoms with van der Waals surface area (Å²) in [6.07, 6.45) is 5.96. The normalized spacial score (nSPS) is 16.9. The molecule has 0 saturated heterocycles. The van der Waals surface area contributed by atoms with Gasteiger partial charge in [-0.05, 0) is 28.8 Å². The molecule has 4 nitrogen and oxygen atoms in total. The fourth-order valence-corrected chi connectivity index (χ4v) is 1.97. The number of hydroxylamine groups is 1. The van der Waals surface area contributed by atoms with E-state index in [1.165, 1.54) is 19.1 Å². The van der Waals surface area contributed by atoms with Gasteiger partial charge in [0.05, 0.1) is 11.7 Å². The van der Waals surface area contributed by atoms with Crippen molar-refractivity contribution < 1.29 is 14.0 Å². The molecule has 5 heteroatoms. The van der Waals surface area contributed by atoms with Crippen molar-refractivity contribution in [2.75, 3.05) is 0 Å². The van der Waals surface area contributed by atoms with Gasteiger partial charge in [-0.1, -0.05) is 12.8 Å². The smallest absolute Gasteiger partial charge is 0.278 e. The number of hydrogen-bond acceptors (Lipinski definition) is 3. The number of nitrogens with one attached hydrogen (secondary N) is 1. The fraction of sp³-hybridized carbons (Fsp3) is 0.500. The average Bonchev–Trinajstić information content (AvgIpc) is 2.84. The lowest BCUT2D eigenvalue weighted by Gasteiger charge is -2.10. The Morgan fingerprint density at radius 1 is 1.53 bits per heavy atom. The Labute approximate surface area is 96.1 Å². The van der Waals surface area contributed by atoms with Gasteiger partial charge in [0.15, 0.2) is 4.67 Å². The van der Waals surface area contributed by atoms with Crippen molar-refractivity contribution in [3.05, 3.63) is 22.6 Å². The molecule has 1 N–H and O–H groups in total. The van der Waals surface area contributed by atoms with Crippen LogP contribution >= 0.6 is 15.9 Å². The minimum atomic E-state index is -0.267. The minimum Gasteiger partial charge on any atom is -0.457 e. The number of furan rings is 1. The average molecular weight is 274 g/mol. The van der Waals surface area contributed by atoms with Crippen LogP contribution in [0, 0.1) is 0 Å². The zero-order chi connectivity index (χ0) is 10.7. The molecule has 15 heavy (non-hydrogen) atoms. The van der Waals surface area contributed by atoms with E-state index in [0.29, 0.717) is 10.2 Å². The zero-order valence-electron chi connectivity index (χ0n) is 8.16. The molecule has 1 amide bonds. The van der Waals surface area contributed by atoms with Crippen molar-refractivity contribution in [3.8, 4) is 0 Å². The van der Waals surface area contributed by atoms with Gasteiger partial charge < -0.3 is 4.42 Å². The third-order valence-electron chi connectivity index (χ3n) is 2.45. The first kappa shape index (κ1) is 10.7. The number of rotatable bonds is 3. The zero-order valence-corrected chi connectivity index (χ0v) is 9.75. The van der Waals surface area contributed by atoms with E-state index in [1.54, 1.807) is 6.07 Å². The summed E-state index contributed by atoms with van der Waals surface area (Å²) in [5.41, 5.74) is 2.89. The molecular weight excluding hydrogens is 262 g/mol. The molecule has 2 rings (SSSR count). The lowest BCUT2D eigenvalue weighted by molar-refractivity contribution is -0.0125. The first-order valence-electron chi connectivity index (χ1n) is 4.96. The number of hydrogen-bond donors (Lipinski definition) is 1. The molecule has 1 fully saturated rings. The molecule has 1 aromatic rings. The van der Waals surface area contributed by atoms with Gasteiger partial charge >= 0.3 is 0 Å². The van der Waals surface area contributed by atoms with Crippen LogP contribution in [-0.2, 0) is 4.84 Å². The SMILES string of the molecule is O=C(NOC1CCCC1)c1coc(Br)c1. The van der Waals surface area contributed by atoms with Gasteiger partial charge in [-0.3, -0.25) is 9.63 Å². The first-order chi connectivity index (χ1) is 7.25. The summed E-state index contributed by atoms with van der Waals surface area (Å²) < 4.78 is 5.49. The molecule has 0 bridgehead atoms. The Morgan fingerprint density at radius 3 is 2.87 bits per heavy atom. The Kier molecular flexibility index (Phi) is 3.43. The van der Waals surface area contributed by atoms with Gasteiger partial charge in [0.25, 0.3) is 5.91 Å². The number of amides is 1. The van der Waals surface area contributed by atoms with E-state index in [2.05, 4.69) is 21.4 Å². The van der Waals surface area contributed by atoms with Crippen molar-refractivity contribution >= 4 is 21.8 Å². The lowest BCUT2D eigenvalue weighted by Crippen LogP contribution is -2.27.